The smallest absolute Gasteiger partial charge is 0.158 e. The monoisotopic (exact) mass is 329 g/mol. The van der Waals surface area contributed by atoms with Crippen molar-refractivity contribution in [1.29, 1.82) is 0 Å². The lowest BCUT2D eigenvalue weighted by Gasteiger charge is -2.28. The van der Waals surface area contributed by atoms with E-state index in [4.69, 9.17) is 23.7 Å². The molecule has 23 heavy (non-hydrogen) atoms. The molecular weight excluding hydrogens is 298 g/mol. The molecule has 3 fully saturated rings. The quantitative estimate of drug-likeness (QED) is 0.422. The van der Waals surface area contributed by atoms with Crippen molar-refractivity contribution in [3.05, 3.63) is 0 Å². The number of hydrogen-bond donors (Lipinski definition) is 0. The van der Waals surface area contributed by atoms with Gasteiger partial charge in [-0.05, 0) is 45.2 Å². The normalized spacial score (nSPS) is 29.7. The molecule has 6 nitrogen and oxygen atoms in total. The Bertz CT molecular complexity index is 314. The van der Waals surface area contributed by atoms with Crippen molar-refractivity contribution >= 4 is 0 Å². The number of ether oxygens (including phenoxy) is 5. The van der Waals surface area contributed by atoms with Gasteiger partial charge in [-0.1, -0.05) is 0 Å². The van der Waals surface area contributed by atoms with Crippen LogP contribution >= 0.6 is 0 Å². The van der Waals surface area contributed by atoms with Gasteiger partial charge in [-0.15, -0.1) is 0 Å². The number of nitrogens with zero attached hydrogens (tertiary/aromatic N) is 1. The standard InChI is InChI=1S/C17H31NO5/c1-4-9-21-17(5-1)23-16(13-20-11-15-14-22-15)12-19-10-8-18-6-2-3-7-18/h15-17H,1-14H2. The summed E-state index contributed by atoms with van der Waals surface area (Å²) in [6, 6.07) is 0. The zero-order valence-corrected chi connectivity index (χ0v) is 14.1. The second-order valence-corrected chi connectivity index (χ2v) is 6.67. The van der Waals surface area contributed by atoms with Crippen molar-refractivity contribution in [2.75, 3.05) is 59.3 Å². The Labute approximate surface area is 139 Å². The molecule has 0 bridgehead atoms. The molecule has 3 atom stereocenters. The van der Waals surface area contributed by atoms with Crippen molar-refractivity contribution in [1.82, 2.24) is 4.90 Å². The minimum absolute atomic E-state index is 0.0598. The number of rotatable bonds is 11. The van der Waals surface area contributed by atoms with Crippen LogP contribution in [0.2, 0.25) is 0 Å². The lowest BCUT2D eigenvalue weighted by atomic mass is 10.2. The van der Waals surface area contributed by atoms with Crippen molar-refractivity contribution in [3.8, 4) is 0 Å². The highest BCUT2D eigenvalue weighted by Gasteiger charge is 2.25. The van der Waals surface area contributed by atoms with Crippen LogP contribution in [0.5, 0.6) is 0 Å². The third-order valence-electron chi connectivity index (χ3n) is 4.55. The van der Waals surface area contributed by atoms with Gasteiger partial charge in [-0.2, -0.15) is 0 Å². The first kappa shape index (κ1) is 17.6. The first-order chi connectivity index (χ1) is 11.4. The van der Waals surface area contributed by atoms with Crippen LogP contribution in [0.3, 0.4) is 0 Å². The summed E-state index contributed by atoms with van der Waals surface area (Å²) >= 11 is 0. The summed E-state index contributed by atoms with van der Waals surface area (Å²) in [5.41, 5.74) is 0. The molecule has 3 rings (SSSR count). The van der Waals surface area contributed by atoms with Gasteiger partial charge < -0.3 is 28.6 Å². The molecule has 0 N–H and O–H groups in total. The topological polar surface area (TPSA) is 52.7 Å². The van der Waals surface area contributed by atoms with Crippen LogP contribution in [0.4, 0.5) is 0 Å². The maximum Gasteiger partial charge on any atom is 0.158 e. The van der Waals surface area contributed by atoms with Crippen molar-refractivity contribution in [2.24, 2.45) is 0 Å². The van der Waals surface area contributed by atoms with Gasteiger partial charge in [0.15, 0.2) is 6.29 Å². The Balaban J connectivity index is 1.31. The van der Waals surface area contributed by atoms with E-state index in [1.807, 2.05) is 0 Å². The summed E-state index contributed by atoms with van der Waals surface area (Å²) in [5.74, 6) is 0. The maximum absolute atomic E-state index is 6.04. The lowest BCUT2D eigenvalue weighted by molar-refractivity contribution is -0.208. The number of hydrogen-bond acceptors (Lipinski definition) is 6. The molecule has 3 aliphatic rings. The van der Waals surface area contributed by atoms with Gasteiger partial charge >= 0.3 is 0 Å². The minimum atomic E-state index is -0.100. The molecule has 3 unspecified atom stereocenters. The van der Waals surface area contributed by atoms with Crippen LogP contribution in [0.15, 0.2) is 0 Å². The summed E-state index contributed by atoms with van der Waals surface area (Å²) in [6.45, 7) is 7.59. The molecule has 0 aromatic carbocycles. The second-order valence-electron chi connectivity index (χ2n) is 6.67. The van der Waals surface area contributed by atoms with Gasteiger partial charge in [0.2, 0.25) is 0 Å². The third kappa shape index (κ3) is 7.03. The Morgan fingerprint density at radius 1 is 1.00 bits per heavy atom. The molecule has 134 valence electrons. The van der Waals surface area contributed by atoms with E-state index in [1.165, 1.54) is 32.4 Å². The number of epoxide rings is 1. The van der Waals surface area contributed by atoms with Crippen LogP contribution in [0, 0.1) is 0 Å². The average molecular weight is 329 g/mol. The summed E-state index contributed by atoms with van der Waals surface area (Å²) in [4.78, 5) is 2.46. The molecule has 3 heterocycles. The zero-order valence-electron chi connectivity index (χ0n) is 14.1. The van der Waals surface area contributed by atoms with Gasteiger partial charge in [-0.3, -0.25) is 0 Å². The molecule has 3 saturated heterocycles. The highest BCUT2D eigenvalue weighted by molar-refractivity contribution is 4.69. The first-order valence-corrected chi connectivity index (χ1v) is 9.16. The van der Waals surface area contributed by atoms with Gasteiger partial charge in [0.1, 0.15) is 12.2 Å². The second kappa shape index (κ2) is 9.91. The van der Waals surface area contributed by atoms with E-state index < -0.39 is 0 Å². The zero-order chi connectivity index (χ0) is 15.7. The Morgan fingerprint density at radius 2 is 1.83 bits per heavy atom. The molecule has 0 aliphatic carbocycles. The summed E-state index contributed by atoms with van der Waals surface area (Å²) < 4.78 is 28.4. The predicted molar refractivity (Wildman–Crippen MR) is 85.5 cm³/mol. The minimum Gasteiger partial charge on any atom is -0.377 e. The van der Waals surface area contributed by atoms with Gasteiger partial charge in [0.05, 0.1) is 33.0 Å². The SMILES string of the molecule is C1CCC(OC(COCCN2CCCC2)COCC2CO2)OC1. The highest BCUT2D eigenvalue weighted by Crippen LogP contribution is 2.16. The maximum atomic E-state index is 6.04. The molecule has 0 radical (unpaired) electrons. The van der Waals surface area contributed by atoms with E-state index in [0.29, 0.717) is 19.8 Å². The lowest BCUT2D eigenvalue weighted by Crippen LogP contribution is -2.35. The summed E-state index contributed by atoms with van der Waals surface area (Å²) in [7, 11) is 0. The summed E-state index contributed by atoms with van der Waals surface area (Å²) in [6.07, 6.45) is 6.04. The van der Waals surface area contributed by atoms with Crippen LogP contribution in [0.25, 0.3) is 0 Å². The van der Waals surface area contributed by atoms with Crippen molar-refractivity contribution in [2.45, 2.75) is 50.6 Å². The Morgan fingerprint density at radius 3 is 2.57 bits per heavy atom. The van der Waals surface area contributed by atoms with E-state index in [1.54, 1.807) is 0 Å². The molecule has 6 heteroatoms. The van der Waals surface area contributed by atoms with E-state index in [-0.39, 0.29) is 18.5 Å². The van der Waals surface area contributed by atoms with Crippen LogP contribution < -0.4 is 0 Å². The molecule has 0 saturated carbocycles. The van der Waals surface area contributed by atoms with Gasteiger partial charge in [0, 0.05) is 13.2 Å². The van der Waals surface area contributed by atoms with Crippen LogP contribution in [0.1, 0.15) is 32.1 Å². The molecule has 0 spiro atoms. The Hall–Kier alpha value is -0.240. The molecule has 0 amide bonds. The van der Waals surface area contributed by atoms with Crippen LogP contribution in [-0.4, -0.2) is 82.7 Å². The van der Waals surface area contributed by atoms with Gasteiger partial charge in [0.25, 0.3) is 0 Å². The molecule has 0 aromatic heterocycles. The molecule has 3 aliphatic heterocycles. The molecular formula is C17H31NO5. The average Bonchev–Trinajstić information content (AvgIpc) is 3.25. The third-order valence-corrected chi connectivity index (χ3v) is 4.55. The fourth-order valence-electron chi connectivity index (χ4n) is 3.07. The molecule has 0 aromatic rings. The van der Waals surface area contributed by atoms with Crippen LogP contribution in [-0.2, 0) is 23.7 Å². The fraction of sp³-hybridized carbons (Fsp3) is 1.00. The number of likely N-dealkylation sites (tertiary alicyclic amines) is 1. The van der Waals surface area contributed by atoms with Crippen molar-refractivity contribution in [3.63, 3.8) is 0 Å². The van der Waals surface area contributed by atoms with E-state index in [9.17, 15) is 0 Å². The van der Waals surface area contributed by atoms with Gasteiger partial charge in [-0.25, -0.2) is 0 Å². The predicted octanol–water partition coefficient (Wildman–Crippen LogP) is 1.43. The first-order valence-electron chi connectivity index (χ1n) is 9.16. The Kier molecular flexibility index (Phi) is 7.58. The fourth-order valence-corrected chi connectivity index (χ4v) is 3.07. The largest absolute Gasteiger partial charge is 0.377 e. The summed E-state index contributed by atoms with van der Waals surface area (Å²) in [5, 5.41) is 0. The van der Waals surface area contributed by atoms with E-state index in [2.05, 4.69) is 4.90 Å². The van der Waals surface area contributed by atoms with E-state index >= 15 is 0 Å². The highest BCUT2D eigenvalue weighted by atomic mass is 16.7. The van der Waals surface area contributed by atoms with Crippen molar-refractivity contribution < 1.29 is 23.7 Å². The van der Waals surface area contributed by atoms with E-state index in [0.717, 1.165) is 39.2 Å².